The third kappa shape index (κ3) is 5.03. The van der Waals surface area contributed by atoms with Crippen molar-refractivity contribution in [1.29, 1.82) is 0 Å². The van der Waals surface area contributed by atoms with Crippen molar-refractivity contribution < 1.29 is 28.5 Å². The molecule has 1 heterocycles. The first-order chi connectivity index (χ1) is 13.5. The average molecular weight is 383 g/mol. The van der Waals surface area contributed by atoms with Gasteiger partial charge in [-0.05, 0) is 42.8 Å². The van der Waals surface area contributed by atoms with Crippen LogP contribution in [0.5, 0.6) is 17.2 Å². The van der Waals surface area contributed by atoms with Crippen molar-refractivity contribution in [2.75, 3.05) is 32.2 Å². The highest BCUT2D eigenvalue weighted by Gasteiger charge is 2.17. The van der Waals surface area contributed by atoms with E-state index in [-0.39, 0.29) is 6.61 Å². The van der Waals surface area contributed by atoms with Gasteiger partial charge in [0.25, 0.3) is 5.91 Å². The van der Waals surface area contributed by atoms with Crippen LogP contribution in [0.3, 0.4) is 0 Å². The first kappa shape index (κ1) is 19.3. The molecule has 146 valence electrons. The molecule has 1 aliphatic rings. The predicted molar refractivity (Wildman–Crippen MR) is 104 cm³/mol. The van der Waals surface area contributed by atoms with Gasteiger partial charge in [-0.15, -0.1) is 0 Å². The number of carbonyl (C=O) groups is 2. The Hall–Kier alpha value is -3.48. The van der Waals surface area contributed by atoms with Gasteiger partial charge in [0.1, 0.15) is 13.2 Å². The van der Waals surface area contributed by atoms with E-state index >= 15 is 0 Å². The van der Waals surface area contributed by atoms with Gasteiger partial charge in [0.15, 0.2) is 18.1 Å². The van der Waals surface area contributed by atoms with Gasteiger partial charge in [0.2, 0.25) is 5.75 Å². The molecule has 0 spiro atoms. The van der Waals surface area contributed by atoms with Crippen molar-refractivity contribution in [3.8, 4) is 17.2 Å². The smallest absolute Gasteiger partial charge is 0.331 e. The molecular formula is C21H21NO6. The number of hydrogen-bond donors (Lipinski definition) is 1. The quantitative estimate of drug-likeness (QED) is 0.610. The van der Waals surface area contributed by atoms with Crippen molar-refractivity contribution in [3.63, 3.8) is 0 Å². The van der Waals surface area contributed by atoms with Gasteiger partial charge in [-0.3, -0.25) is 4.79 Å². The lowest BCUT2D eigenvalue weighted by molar-refractivity contribution is -0.142. The normalized spacial score (nSPS) is 12.5. The summed E-state index contributed by atoms with van der Waals surface area (Å²) >= 11 is 0. The van der Waals surface area contributed by atoms with Crippen LogP contribution in [0, 0.1) is 6.92 Å². The third-order valence-corrected chi connectivity index (χ3v) is 3.94. The minimum Gasteiger partial charge on any atom is -0.493 e. The Morgan fingerprint density at radius 3 is 2.64 bits per heavy atom. The Kier molecular flexibility index (Phi) is 6.16. The lowest BCUT2D eigenvalue weighted by Gasteiger charge is -2.20. The van der Waals surface area contributed by atoms with E-state index in [4.69, 9.17) is 18.9 Å². The standard InChI is InChI=1S/C21H21NO6/c1-14-3-6-16(7-4-14)22-19(23)13-28-20(24)8-5-15-11-17(25-2)21-18(12-15)26-9-10-27-21/h3-8,11-12H,9-10,13H2,1-2H3,(H,22,23)/b8-5+. The monoisotopic (exact) mass is 383 g/mol. The van der Waals surface area contributed by atoms with E-state index in [9.17, 15) is 9.59 Å². The van der Waals surface area contributed by atoms with E-state index < -0.39 is 11.9 Å². The summed E-state index contributed by atoms with van der Waals surface area (Å²) in [6.07, 6.45) is 2.80. The van der Waals surface area contributed by atoms with Gasteiger partial charge in [0, 0.05) is 11.8 Å². The fraction of sp³-hybridized carbons (Fsp3) is 0.238. The number of ether oxygens (including phenoxy) is 4. The Labute approximate surface area is 162 Å². The van der Waals surface area contributed by atoms with Crippen LogP contribution in [0.15, 0.2) is 42.5 Å². The number of aryl methyl sites for hydroxylation is 1. The van der Waals surface area contributed by atoms with Crippen molar-refractivity contribution in [2.24, 2.45) is 0 Å². The van der Waals surface area contributed by atoms with Crippen LogP contribution in [0.1, 0.15) is 11.1 Å². The zero-order valence-electron chi connectivity index (χ0n) is 15.7. The molecule has 0 saturated carbocycles. The summed E-state index contributed by atoms with van der Waals surface area (Å²) in [4.78, 5) is 23.7. The van der Waals surface area contributed by atoms with Crippen LogP contribution >= 0.6 is 0 Å². The zero-order valence-corrected chi connectivity index (χ0v) is 15.7. The van der Waals surface area contributed by atoms with Gasteiger partial charge < -0.3 is 24.3 Å². The Morgan fingerprint density at radius 1 is 1.14 bits per heavy atom. The molecule has 0 unspecified atom stereocenters. The molecule has 7 nitrogen and oxygen atoms in total. The second-order valence-corrected chi connectivity index (χ2v) is 6.10. The van der Waals surface area contributed by atoms with E-state index in [1.165, 1.54) is 13.2 Å². The summed E-state index contributed by atoms with van der Waals surface area (Å²) in [6, 6.07) is 10.8. The lowest BCUT2D eigenvalue weighted by Crippen LogP contribution is -2.20. The highest BCUT2D eigenvalue weighted by atomic mass is 16.6. The minimum atomic E-state index is -0.632. The molecule has 2 aromatic carbocycles. The molecule has 1 N–H and O–H groups in total. The fourth-order valence-electron chi connectivity index (χ4n) is 2.57. The number of anilines is 1. The lowest BCUT2D eigenvalue weighted by atomic mass is 10.1. The SMILES string of the molecule is COc1cc(/C=C/C(=O)OCC(=O)Nc2ccc(C)cc2)cc2c1OCCO2. The molecule has 0 aromatic heterocycles. The molecule has 2 aromatic rings. The molecule has 28 heavy (non-hydrogen) atoms. The molecule has 7 heteroatoms. The van der Waals surface area contributed by atoms with Gasteiger partial charge in [-0.2, -0.15) is 0 Å². The summed E-state index contributed by atoms with van der Waals surface area (Å²) in [5.41, 5.74) is 2.41. The first-order valence-electron chi connectivity index (χ1n) is 8.74. The number of esters is 1. The van der Waals surface area contributed by atoms with Crippen LogP contribution in [-0.4, -0.2) is 38.8 Å². The summed E-state index contributed by atoms with van der Waals surface area (Å²) in [5.74, 6) is 0.569. The average Bonchev–Trinajstić information content (AvgIpc) is 2.71. The Morgan fingerprint density at radius 2 is 1.89 bits per heavy atom. The van der Waals surface area contributed by atoms with Crippen LogP contribution in [-0.2, 0) is 14.3 Å². The summed E-state index contributed by atoms with van der Waals surface area (Å²) in [7, 11) is 1.53. The van der Waals surface area contributed by atoms with Gasteiger partial charge in [-0.25, -0.2) is 4.79 Å². The number of nitrogens with one attached hydrogen (secondary N) is 1. The maximum Gasteiger partial charge on any atom is 0.331 e. The van der Waals surface area contributed by atoms with Crippen LogP contribution < -0.4 is 19.5 Å². The highest BCUT2D eigenvalue weighted by Crippen LogP contribution is 2.40. The second kappa shape index (κ2) is 8.94. The van der Waals surface area contributed by atoms with E-state index in [0.717, 1.165) is 5.56 Å². The maximum atomic E-state index is 11.9. The molecule has 1 aliphatic heterocycles. The van der Waals surface area contributed by atoms with Crippen molar-refractivity contribution in [2.45, 2.75) is 6.92 Å². The summed E-state index contributed by atoms with van der Waals surface area (Å²) < 4.78 is 21.3. The topological polar surface area (TPSA) is 83.1 Å². The van der Waals surface area contributed by atoms with Crippen molar-refractivity contribution in [1.82, 2.24) is 0 Å². The largest absolute Gasteiger partial charge is 0.493 e. The van der Waals surface area contributed by atoms with Crippen LogP contribution in [0.25, 0.3) is 6.08 Å². The van der Waals surface area contributed by atoms with Crippen LogP contribution in [0.2, 0.25) is 0 Å². The number of amides is 1. The van der Waals surface area contributed by atoms with E-state index in [1.54, 1.807) is 30.3 Å². The molecule has 0 atom stereocenters. The van der Waals surface area contributed by atoms with Gasteiger partial charge >= 0.3 is 5.97 Å². The number of carbonyl (C=O) groups excluding carboxylic acids is 2. The molecule has 0 aliphatic carbocycles. The number of fused-ring (bicyclic) bond motifs is 1. The number of benzene rings is 2. The van der Waals surface area contributed by atoms with Gasteiger partial charge in [-0.1, -0.05) is 17.7 Å². The first-order valence-corrected chi connectivity index (χ1v) is 8.74. The number of hydrogen-bond acceptors (Lipinski definition) is 6. The molecule has 0 radical (unpaired) electrons. The minimum absolute atomic E-state index is 0.374. The highest BCUT2D eigenvalue weighted by molar-refractivity contribution is 5.94. The fourth-order valence-corrected chi connectivity index (χ4v) is 2.57. The Balaban J connectivity index is 1.55. The molecule has 0 fully saturated rings. The molecule has 1 amide bonds. The Bertz CT molecular complexity index is 871. The number of methoxy groups -OCH3 is 1. The number of rotatable bonds is 6. The molecule has 3 rings (SSSR count). The van der Waals surface area contributed by atoms with E-state index in [2.05, 4.69) is 5.32 Å². The zero-order chi connectivity index (χ0) is 19.9. The molecular weight excluding hydrogens is 362 g/mol. The van der Waals surface area contributed by atoms with E-state index in [0.29, 0.717) is 41.7 Å². The molecule has 0 saturated heterocycles. The third-order valence-electron chi connectivity index (χ3n) is 3.94. The molecule has 0 bridgehead atoms. The summed E-state index contributed by atoms with van der Waals surface area (Å²) in [5, 5.41) is 2.66. The van der Waals surface area contributed by atoms with Crippen LogP contribution in [0.4, 0.5) is 5.69 Å². The van der Waals surface area contributed by atoms with E-state index in [1.807, 2.05) is 19.1 Å². The maximum absolute atomic E-state index is 11.9. The van der Waals surface area contributed by atoms with Crippen molar-refractivity contribution in [3.05, 3.63) is 53.6 Å². The summed E-state index contributed by atoms with van der Waals surface area (Å²) in [6.45, 7) is 2.48. The van der Waals surface area contributed by atoms with Crippen molar-refractivity contribution >= 4 is 23.6 Å². The van der Waals surface area contributed by atoms with Gasteiger partial charge in [0.05, 0.1) is 7.11 Å². The second-order valence-electron chi connectivity index (χ2n) is 6.10. The predicted octanol–water partition coefficient (Wildman–Crippen LogP) is 2.97.